The number of aliphatic hydroxyl groups is 1. The third-order valence-corrected chi connectivity index (χ3v) is 14.8. The van der Waals surface area contributed by atoms with Gasteiger partial charge in [-0.1, -0.05) is 106 Å². The second-order valence-electron chi connectivity index (χ2n) is 19.0. The number of carbonyl (C=O) groups excluding carboxylic acids is 3. The third kappa shape index (κ3) is 21.6. The first-order valence-electron chi connectivity index (χ1n) is 23.1. The molecule has 69 heavy (non-hydrogen) atoms. The summed E-state index contributed by atoms with van der Waals surface area (Å²) >= 11 is 4.05. The van der Waals surface area contributed by atoms with Crippen molar-refractivity contribution < 1.29 is 80.1 Å². The van der Waals surface area contributed by atoms with E-state index in [0.717, 1.165) is 48.8 Å². The number of nitrogens with two attached hydrogens (primary N) is 1. The minimum atomic E-state index is -5.63. The predicted molar refractivity (Wildman–Crippen MR) is 256 cm³/mol. The summed E-state index contributed by atoms with van der Waals surface area (Å²) in [6.07, 6.45) is 3.14. The van der Waals surface area contributed by atoms with Gasteiger partial charge >= 0.3 is 29.4 Å². The highest BCUT2D eigenvalue weighted by atomic mass is 32.1. The van der Waals surface area contributed by atoms with Gasteiger partial charge in [-0.05, 0) is 23.7 Å². The zero-order valence-electron chi connectivity index (χ0n) is 40.5. The normalized spacial score (nSPS) is 21.3. The number of carbonyl (C=O) groups is 3. The molecule has 1 aliphatic heterocycles. The molecule has 396 valence electrons. The molecule has 2 aromatic heterocycles. The van der Waals surface area contributed by atoms with Gasteiger partial charge < -0.3 is 50.5 Å². The molecule has 2 aromatic rings. The number of phosphoric acid groups is 3. The van der Waals surface area contributed by atoms with E-state index in [0.29, 0.717) is 24.1 Å². The van der Waals surface area contributed by atoms with Crippen LogP contribution in [0.15, 0.2) is 12.7 Å². The van der Waals surface area contributed by atoms with E-state index in [-0.39, 0.29) is 48.2 Å². The van der Waals surface area contributed by atoms with E-state index < -0.39 is 84.6 Å². The number of imidazole rings is 1. The van der Waals surface area contributed by atoms with Gasteiger partial charge in [-0.2, -0.15) is 16.9 Å². The summed E-state index contributed by atoms with van der Waals surface area (Å²) in [5, 5.41) is 16.2. The number of hydrogen-bond donors (Lipinski definition) is 9. The number of esters is 1. The number of fused-ring (bicyclic) bond motifs is 1. The molecule has 1 aliphatic rings. The Morgan fingerprint density at radius 1 is 0.870 bits per heavy atom. The Bertz CT molecular complexity index is 2100. The quantitative estimate of drug-likeness (QED) is 0.0247. The van der Waals surface area contributed by atoms with E-state index in [1.807, 2.05) is 6.92 Å². The van der Waals surface area contributed by atoms with E-state index in [1.165, 1.54) is 46.0 Å². The maximum Gasteiger partial charge on any atom is 0.481 e. The first kappa shape index (κ1) is 60.7. The van der Waals surface area contributed by atoms with Crippen LogP contribution in [-0.2, 0) is 55.4 Å². The van der Waals surface area contributed by atoms with Gasteiger partial charge in [0.25, 0.3) is 5.91 Å². The molecular weight excluding hydrogens is 987 g/mol. The maximum atomic E-state index is 13.6. The fourth-order valence-electron chi connectivity index (χ4n) is 7.70. The molecule has 0 aliphatic carbocycles. The number of hydrogen-bond acceptors (Lipinski definition) is 18. The zero-order chi connectivity index (χ0) is 51.7. The summed E-state index contributed by atoms with van der Waals surface area (Å²) in [6.45, 7) is 11.8. The molecule has 2 amide bonds. The number of anilines is 1. The first-order valence-corrected chi connectivity index (χ1v) is 28.3. The van der Waals surface area contributed by atoms with Gasteiger partial charge in [0.15, 0.2) is 23.8 Å². The monoisotopic (exact) mass is 1060 g/mol. The van der Waals surface area contributed by atoms with Crippen LogP contribution in [0.3, 0.4) is 0 Å². The van der Waals surface area contributed by atoms with Gasteiger partial charge in [0.2, 0.25) is 5.91 Å². The standard InChI is InChI=1S/C41H74N7O17P3S/c1-26(2)11-8-12-27(3)13-9-14-28(4)15-10-16-29(5)21-32(50)63-36(39(52)44-18-17-31(49)43-19-20-69)41(6,7)23-61-68(58,59)65-67(56,57)60-22-30-35(64-66(53,54)55)34(51)40(62-30)48-25-47-33-37(42)45-24-46-38(33)48/h24-30,34-36,40,51,69H,8-23H2,1-7H3,(H,43,49)(H,44,52)(H,56,57)(H,58,59)(H2,42,45,46)(H2,53,54,55)/t27?,28?,29-,30+,34+,35+,36-,40+/m0/s1. The number of nitrogens with one attached hydrogen (secondary N) is 2. The molecule has 28 heteroatoms. The van der Waals surface area contributed by atoms with Crippen molar-refractivity contribution in [3.05, 3.63) is 12.7 Å². The average molecular weight is 1060 g/mol. The second kappa shape index (κ2) is 28.0. The van der Waals surface area contributed by atoms with Crippen LogP contribution in [0.25, 0.3) is 11.2 Å². The van der Waals surface area contributed by atoms with E-state index in [1.54, 1.807) is 0 Å². The molecule has 9 N–H and O–H groups in total. The van der Waals surface area contributed by atoms with Crippen molar-refractivity contribution in [1.29, 1.82) is 0 Å². The summed E-state index contributed by atoms with van der Waals surface area (Å²) in [4.78, 5) is 91.1. The second-order valence-corrected chi connectivity index (χ2v) is 23.6. The number of thiol groups is 1. The van der Waals surface area contributed by atoms with Gasteiger partial charge in [-0.3, -0.25) is 32.5 Å². The van der Waals surface area contributed by atoms with Crippen molar-refractivity contribution in [3.63, 3.8) is 0 Å². The van der Waals surface area contributed by atoms with Crippen molar-refractivity contribution >= 4 is 70.9 Å². The summed E-state index contributed by atoms with van der Waals surface area (Å²) in [7, 11) is -16.6. The molecule has 24 nitrogen and oxygen atoms in total. The number of phosphoric ester groups is 3. The lowest BCUT2D eigenvalue weighted by Gasteiger charge is -2.33. The van der Waals surface area contributed by atoms with Gasteiger partial charge in [0, 0.05) is 37.1 Å². The van der Waals surface area contributed by atoms with Gasteiger partial charge in [0.05, 0.1) is 19.5 Å². The Labute approximate surface area is 409 Å². The van der Waals surface area contributed by atoms with Crippen LogP contribution in [0, 0.1) is 29.1 Å². The molecule has 1 saturated heterocycles. The molecule has 4 unspecified atom stereocenters. The van der Waals surface area contributed by atoms with Crippen molar-refractivity contribution in [2.24, 2.45) is 29.1 Å². The molecule has 3 heterocycles. The van der Waals surface area contributed by atoms with Gasteiger partial charge in [0.1, 0.15) is 30.2 Å². The van der Waals surface area contributed by atoms with Gasteiger partial charge in [-0.15, -0.1) is 0 Å². The first-order chi connectivity index (χ1) is 32.1. The van der Waals surface area contributed by atoms with Crippen LogP contribution < -0.4 is 16.4 Å². The van der Waals surface area contributed by atoms with Crippen molar-refractivity contribution in [3.8, 4) is 0 Å². The molecule has 0 bridgehead atoms. The van der Waals surface area contributed by atoms with Crippen LogP contribution in [0.5, 0.6) is 0 Å². The SMILES string of the molecule is CC(C)CCCC(C)CCCC(C)CCC[C@H](C)CC(=O)O[C@@H](C(=O)NCCC(=O)NCCS)C(C)(C)COP(=O)(O)OP(=O)(O)OC[C@H]1O[C@@H](n2cnc3c(N)ncnc32)[C@H](O)[C@@H]1OP(=O)(O)O. The Kier molecular flexibility index (Phi) is 24.6. The lowest BCUT2D eigenvalue weighted by Crippen LogP contribution is -2.49. The number of nitrogen functional groups attached to an aromatic ring is 1. The number of rotatable bonds is 33. The number of amides is 2. The summed E-state index contributed by atoms with van der Waals surface area (Å²) in [5.41, 5.74) is 4.32. The minimum absolute atomic E-state index is 0.0333. The average Bonchev–Trinajstić information content (AvgIpc) is 3.80. The third-order valence-electron chi connectivity index (χ3n) is 11.5. The number of nitrogens with zero attached hydrogens (tertiary/aromatic N) is 4. The van der Waals surface area contributed by atoms with Crippen molar-refractivity contribution in [2.45, 2.75) is 150 Å². The molecule has 10 atom stereocenters. The minimum Gasteiger partial charge on any atom is -0.452 e. The zero-order valence-corrected chi connectivity index (χ0v) is 44.0. The van der Waals surface area contributed by atoms with Crippen LogP contribution in [0.1, 0.15) is 125 Å². The van der Waals surface area contributed by atoms with E-state index in [4.69, 9.17) is 28.8 Å². The Hall–Kier alpha value is -2.60. The molecule has 0 aromatic carbocycles. The lowest BCUT2D eigenvalue weighted by atomic mass is 9.86. The molecule has 0 saturated carbocycles. The van der Waals surface area contributed by atoms with E-state index in [9.17, 15) is 52.8 Å². The smallest absolute Gasteiger partial charge is 0.452 e. The highest BCUT2D eigenvalue weighted by Gasteiger charge is 2.50. The number of ether oxygens (including phenoxy) is 2. The van der Waals surface area contributed by atoms with Crippen molar-refractivity contribution in [2.75, 3.05) is 37.8 Å². The van der Waals surface area contributed by atoms with E-state index in [2.05, 4.69) is 70.2 Å². The molecule has 0 spiro atoms. The summed E-state index contributed by atoms with van der Waals surface area (Å²) in [5.74, 6) is 0.215. The predicted octanol–water partition coefficient (Wildman–Crippen LogP) is 5.35. The molecular formula is C41H74N7O17P3S. The molecule has 0 radical (unpaired) electrons. The largest absolute Gasteiger partial charge is 0.481 e. The van der Waals surface area contributed by atoms with Crippen LogP contribution in [0.2, 0.25) is 0 Å². The fourth-order valence-corrected chi connectivity index (χ4v) is 10.6. The fraction of sp³-hybridized carbons (Fsp3) is 0.805. The topological polar surface area (TPSA) is 353 Å². The highest BCUT2D eigenvalue weighted by Crippen LogP contribution is 2.61. The molecule has 1 fully saturated rings. The van der Waals surface area contributed by atoms with Crippen molar-refractivity contribution in [1.82, 2.24) is 30.2 Å². The Morgan fingerprint density at radius 3 is 2.06 bits per heavy atom. The van der Waals surface area contributed by atoms with Crippen LogP contribution in [0.4, 0.5) is 5.82 Å². The Morgan fingerprint density at radius 2 is 1.46 bits per heavy atom. The van der Waals surface area contributed by atoms with Gasteiger partial charge in [-0.25, -0.2) is 28.6 Å². The highest BCUT2D eigenvalue weighted by molar-refractivity contribution is 7.80. The van der Waals surface area contributed by atoms with Crippen LogP contribution >= 0.6 is 36.1 Å². The number of aromatic nitrogens is 4. The van der Waals surface area contributed by atoms with E-state index >= 15 is 0 Å². The summed E-state index contributed by atoms with van der Waals surface area (Å²) in [6, 6.07) is 0. The number of aliphatic hydroxyl groups excluding tert-OH is 1. The van der Waals surface area contributed by atoms with Crippen LogP contribution in [-0.4, -0.2) is 118 Å². The maximum absolute atomic E-state index is 13.6. The molecule has 3 rings (SSSR count). The summed E-state index contributed by atoms with van der Waals surface area (Å²) < 4.78 is 69.6. The Balaban J connectivity index is 1.62. The lowest BCUT2D eigenvalue weighted by molar-refractivity contribution is -0.165.